The number of H-pyrrole nitrogens is 1. The standard InChI is InChI=1S/C12H19N3O3/c16-9-8-14-4-6-15(7-5-14)11(12(17)18)10-2-1-3-13-10/h1-3,11,13,16H,4-9H2,(H,17,18). The fourth-order valence-electron chi connectivity index (χ4n) is 2.39. The van der Waals surface area contributed by atoms with E-state index in [4.69, 9.17) is 5.11 Å². The number of aromatic nitrogens is 1. The van der Waals surface area contributed by atoms with Crippen LogP contribution in [0, 0.1) is 0 Å². The molecule has 6 nitrogen and oxygen atoms in total. The molecule has 1 aliphatic heterocycles. The summed E-state index contributed by atoms with van der Waals surface area (Å²) in [4.78, 5) is 18.5. The number of β-amino-alcohol motifs (C(OH)–C–C–N with tert-alkyl or cyclic N) is 1. The van der Waals surface area contributed by atoms with Crippen LogP contribution in [0.5, 0.6) is 0 Å². The molecule has 0 saturated carbocycles. The minimum Gasteiger partial charge on any atom is -0.480 e. The Balaban J connectivity index is 1.99. The van der Waals surface area contributed by atoms with Gasteiger partial charge in [0.25, 0.3) is 0 Å². The van der Waals surface area contributed by atoms with Gasteiger partial charge in [0.15, 0.2) is 0 Å². The predicted molar refractivity (Wildman–Crippen MR) is 66.3 cm³/mol. The summed E-state index contributed by atoms with van der Waals surface area (Å²) in [6.45, 7) is 3.81. The van der Waals surface area contributed by atoms with Crippen LogP contribution in [0.2, 0.25) is 0 Å². The molecule has 3 N–H and O–H groups in total. The smallest absolute Gasteiger partial charge is 0.327 e. The minimum absolute atomic E-state index is 0.152. The van der Waals surface area contributed by atoms with Crippen LogP contribution in [0.3, 0.4) is 0 Å². The van der Waals surface area contributed by atoms with Crippen LogP contribution in [-0.4, -0.2) is 70.3 Å². The van der Waals surface area contributed by atoms with Crippen molar-refractivity contribution in [3.05, 3.63) is 24.0 Å². The van der Waals surface area contributed by atoms with E-state index in [9.17, 15) is 9.90 Å². The number of carboxylic acids is 1. The molecule has 1 fully saturated rings. The van der Waals surface area contributed by atoms with Crippen LogP contribution in [0.4, 0.5) is 0 Å². The number of hydrogen-bond acceptors (Lipinski definition) is 4. The molecule has 0 aliphatic carbocycles. The number of nitrogens with one attached hydrogen (secondary N) is 1. The molecule has 6 heteroatoms. The summed E-state index contributed by atoms with van der Waals surface area (Å²) in [6.07, 6.45) is 1.74. The molecule has 1 atom stereocenters. The quantitative estimate of drug-likeness (QED) is 0.674. The fourth-order valence-corrected chi connectivity index (χ4v) is 2.39. The average molecular weight is 253 g/mol. The first-order valence-corrected chi connectivity index (χ1v) is 6.15. The number of aliphatic hydroxyl groups excluding tert-OH is 1. The number of aromatic amines is 1. The van der Waals surface area contributed by atoms with E-state index in [1.165, 1.54) is 0 Å². The second-order valence-corrected chi connectivity index (χ2v) is 4.47. The van der Waals surface area contributed by atoms with Gasteiger partial charge in [-0.15, -0.1) is 0 Å². The van der Waals surface area contributed by atoms with Gasteiger partial charge in [0, 0.05) is 44.6 Å². The first-order valence-electron chi connectivity index (χ1n) is 6.15. The molecule has 1 aromatic heterocycles. The predicted octanol–water partition coefficient (Wildman–Crippen LogP) is -0.250. The Labute approximate surface area is 106 Å². The van der Waals surface area contributed by atoms with Crippen molar-refractivity contribution in [1.82, 2.24) is 14.8 Å². The molecule has 0 bridgehead atoms. The van der Waals surface area contributed by atoms with Crippen molar-refractivity contribution in [2.45, 2.75) is 6.04 Å². The maximum Gasteiger partial charge on any atom is 0.327 e. The summed E-state index contributed by atoms with van der Waals surface area (Å²) in [5, 5.41) is 18.2. The lowest BCUT2D eigenvalue weighted by molar-refractivity contribution is -0.144. The van der Waals surface area contributed by atoms with Gasteiger partial charge in [-0.2, -0.15) is 0 Å². The van der Waals surface area contributed by atoms with Crippen LogP contribution in [0.15, 0.2) is 18.3 Å². The summed E-state index contributed by atoms with van der Waals surface area (Å²) in [7, 11) is 0. The summed E-state index contributed by atoms with van der Waals surface area (Å²) in [5.41, 5.74) is 0.720. The molecule has 100 valence electrons. The molecule has 1 unspecified atom stereocenters. The van der Waals surface area contributed by atoms with Gasteiger partial charge in [0.05, 0.1) is 6.61 Å². The van der Waals surface area contributed by atoms with Crippen molar-refractivity contribution in [2.24, 2.45) is 0 Å². The topological polar surface area (TPSA) is 79.8 Å². The highest BCUT2D eigenvalue weighted by Gasteiger charge is 2.30. The Bertz CT molecular complexity index is 372. The maximum atomic E-state index is 11.4. The first-order chi connectivity index (χ1) is 8.72. The number of aliphatic hydroxyl groups is 1. The van der Waals surface area contributed by atoms with Crippen LogP contribution in [0.1, 0.15) is 11.7 Å². The lowest BCUT2D eigenvalue weighted by Crippen LogP contribution is -2.49. The first kappa shape index (κ1) is 13.1. The van der Waals surface area contributed by atoms with Gasteiger partial charge in [-0.1, -0.05) is 0 Å². The molecule has 1 saturated heterocycles. The zero-order chi connectivity index (χ0) is 13.0. The van der Waals surface area contributed by atoms with Gasteiger partial charge in [-0.3, -0.25) is 14.6 Å². The number of rotatable bonds is 5. The maximum absolute atomic E-state index is 11.4. The lowest BCUT2D eigenvalue weighted by Gasteiger charge is -2.37. The van der Waals surface area contributed by atoms with Gasteiger partial charge in [0.2, 0.25) is 0 Å². The zero-order valence-corrected chi connectivity index (χ0v) is 10.2. The van der Waals surface area contributed by atoms with Crippen molar-refractivity contribution in [3.63, 3.8) is 0 Å². The van der Waals surface area contributed by atoms with E-state index in [1.807, 2.05) is 11.0 Å². The summed E-state index contributed by atoms with van der Waals surface area (Å²) < 4.78 is 0. The van der Waals surface area contributed by atoms with E-state index in [0.29, 0.717) is 19.6 Å². The SMILES string of the molecule is O=C(O)C(c1ccc[nH]1)N1CCN(CCO)CC1. The van der Waals surface area contributed by atoms with E-state index < -0.39 is 12.0 Å². The Hall–Kier alpha value is -1.37. The van der Waals surface area contributed by atoms with E-state index >= 15 is 0 Å². The van der Waals surface area contributed by atoms with Crippen LogP contribution < -0.4 is 0 Å². The number of aliphatic carboxylic acids is 1. The largest absolute Gasteiger partial charge is 0.480 e. The number of hydrogen-bond donors (Lipinski definition) is 3. The Morgan fingerprint density at radius 3 is 2.61 bits per heavy atom. The zero-order valence-electron chi connectivity index (χ0n) is 10.2. The van der Waals surface area contributed by atoms with Crippen molar-refractivity contribution < 1.29 is 15.0 Å². The highest BCUT2D eigenvalue weighted by atomic mass is 16.4. The molecule has 2 rings (SSSR count). The van der Waals surface area contributed by atoms with Crippen molar-refractivity contribution in [3.8, 4) is 0 Å². The van der Waals surface area contributed by atoms with Gasteiger partial charge >= 0.3 is 5.97 Å². The van der Waals surface area contributed by atoms with Gasteiger partial charge in [-0.05, 0) is 12.1 Å². The number of carboxylic acid groups (broad SMARTS) is 1. The molecule has 1 aromatic rings. The van der Waals surface area contributed by atoms with Gasteiger partial charge in [-0.25, -0.2) is 0 Å². The van der Waals surface area contributed by atoms with Crippen LogP contribution in [0.25, 0.3) is 0 Å². The van der Waals surface area contributed by atoms with Crippen molar-refractivity contribution in [1.29, 1.82) is 0 Å². The van der Waals surface area contributed by atoms with Crippen LogP contribution >= 0.6 is 0 Å². The second kappa shape index (κ2) is 5.99. The van der Waals surface area contributed by atoms with Crippen LogP contribution in [-0.2, 0) is 4.79 Å². The second-order valence-electron chi connectivity index (χ2n) is 4.47. The molecular formula is C12H19N3O3. The minimum atomic E-state index is -0.826. The van der Waals surface area contributed by atoms with Gasteiger partial charge < -0.3 is 15.2 Å². The highest BCUT2D eigenvalue weighted by Crippen LogP contribution is 2.20. The average Bonchev–Trinajstić information content (AvgIpc) is 2.85. The monoisotopic (exact) mass is 253 g/mol. The Kier molecular flexibility index (Phi) is 4.35. The Morgan fingerprint density at radius 2 is 2.11 bits per heavy atom. The molecule has 18 heavy (non-hydrogen) atoms. The third-order valence-corrected chi connectivity index (χ3v) is 3.34. The molecule has 0 aromatic carbocycles. The van der Waals surface area contributed by atoms with Crippen molar-refractivity contribution >= 4 is 5.97 Å². The third-order valence-electron chi connectivity index (χ3n) is 3.34. The highest BCUT2D eigenvalue weighted by molar-refractivity contribution is 5.75. The molecular weight excluding hydrogens is 234 g/mol. The summed E-state index contributed by atoms with van der Waals surface area (Å²) >= 11 is 0. The van der Waals surface area contributed by atoms with E-state index in [-0.39, 0.29) is 6.61 Å². The molecule has 0 spiro atoms. The molecule has 1 aliphatic rings. The van der Waals surface area contributed by atoms with Gasteiger partial charge in [0.1, 0.15) is 6.04 Å². The van der Waals surface area contributed by atoms with E-state index in [1.54, 1.807) is 12.3 Å². The number of nitrogens with zero attached hydrogens (tertiary/aromatic N) is 2. The lowest BCUT2D eigenvalue weighted by atomic mass is 10.1. The number of piperazine rings is 1. The van der Waals surface area contributed by atoms with Crippen molar-refractivity contribution in [2.75, 3.05) is 39.3 Å². The molecule has 0 radical (unpaired) electrons. The molecule has 0 amide bonds. The third kappa shape index (κ3) is 2.90. The van der Waals surface area contributed by atoms with E-state index in [0.717, 1.165) is 18.8 Å². The summed E-state index contributed by atoms with van der Waals surface area (Å²) in [6, 6.07) is 3.02. The van der Waals surface area contributed by atoms with E-state index in [2.05, 4.69) is 9.88 Å². The fraction of sp³-hybridized carbons (Fsp3) is 0.583. The normalized spacial score (nSPS) is 19.8. The Morgan fingerprint density at radius 1 is 1.39 bits per heavy atom. The number of carbonyl (C=O) groups is 1. The summed E-state index contributed by atoms with van der Waals surface area (Å²) in [5.74, 6) is -0.826. The molecule has 2 heterocycles.